The fraction of sp³-hybridized carbons (Fsp3) is 0.294. The number of nitrogens with zero attached hydrogens (tertiary/aromatic N) is 1. The van der Waals surface area contributed by atoms with Crippen LogP contribution in [0.1, 0.15) is 41.7 Å². The Labute approximate surface area is 157 Å². The fourth-order valence-electron chi connectivity index (χ4n) is 2.51. The maximum absolute atomic E-state index is 13.9. The molecule has 2 aromatic rings. The highest BCUT2D eigenvalue weighted by atomic mass is 35.5. The molecule has 0 aliphatic carbocycles. The number of aliphatic hydroxyl groups is 2. The first kappa shape index (κ1) is 20.5. The van der Waals surface area contributed by atoms with Gasteiger partial charge < -0.3 is 10.2 Å². The monoisotopic (exact) mass is 405 g/mol. The van der Waals surface area contributed by atoms with E-state index in [1.807, 2.05) is 0 Å². The van der Waals surface area contributed by atoms with Crippen LogP contribution in [0.25, 0.3) is 0 Å². The third-order valence-corrected chi connectivity index (χ3v) is 4.68. The van der Waals surface area contributed by atoms with Gasteiger partial charge in [-0.3, -0.25) is 10.1 Å². The first-order valence-electron chi connectivity index (χ1n) is 7.56. The van der Waals surface area contributed by atoms with Crippen molar-refractivity contribution in [3.63, 3.8) is 0 Å². The number of hydrogen-bond acceptors (Lipinski definition) is 4. The third kappa shape index (κ3) is 4.48. The largest absolute Gasteiger partial charge is 0.388 e. The zero-order valence-electron chi connectivity index (χ0n) is 13.5. The molecular weight excluding hydrogens is 391 g/mol. The highest BCUT2D eigenvalue weighted by Gasteiger charge is 2.23. The maximum Gasteiger partial charge on any atom is 0.288 e. The lowest BCUT2D eigenvalue weighted by molar-refractivity contribution is -0.384. The van der Waals surface area contributed by atoms with Crippen LogP contribution in [-0.2, 0) is 0 Å². The van der Waals surface area contributed by atoms with Crippen molar-refractivity contribution >= 4 is 28.9 Å². The van der Waals surface area contributed by atoms with Crippen LogP contribution in [0.5, 0.6) is 0 Å². The predicted octanol–water partition coefficient (Wildman–Crippen LogP) is 5.04. The van der Waals surface area contributed by atoms with Crippen LogP contribution in [0.2, 0.25) is 10.0 Å². The minimum Gasteiger partial charge on any atom is -0.388 e. The Bertz CT molecular complexity index is 848. The number of nitro groups is 1. The molecule has 0 aliphatic heterocycles. The van der Waals surface area contributed by atoms with Crippen LogP contribution in [0.15, 0.2) is 24.3 Å². The second kappa shape index (κ2) is 8.26. The number of rotatable bonds is 6. The molecule has 5 nitrogen and oxygen atoms in total. The summed E-state index contributed by atoms with van der Waals surface area (Å²) in [6.45, 7) is 1.65. The molecule has 9 heteroatoms. The Kier molecular flexibility index (Phi) is 6.52. The molecule has 0 aromatic heterocycles. The highest BCUT2D eigenvalue weighted by Crippen LogP contribution is 2.34. The van der Waals surface area contributed by atoms with E-state index < -0.39 is 34.5 Å². The number of benzene rings is 2. The maximum atomic E-state index is 13.9. The summed E-state index contributed by atoms with van der Waals surface area (Å²) >= 11 is 11.4. The van der Waals surface area contributed by atoms with E-state index in [2.05, 4.69) is 0 Å². The fourth-order valence-corrected chi connectivity index (χ4v) is 2.88. The summed E-state index contributed by atoms with van der Waals surface area (Å²) in [5.41, 5.74) is -0.285. The van der Waals surface area contributed by atoms with Crippen LogP contribution in [0, 0.1) is 28.7 Å². The van der Waals surface area contributed by atoms with E-state index in [1.165, 1.54) is 6.07 Å². The van der Waals surface area contributed by atoms with Gasteiger partial charge in [-0.25, -0.2) is 8.78 Å². The predicted molar refractivity (Wildman–Crippen MR) is 93.4 cm³/mol. The van der Waals surface area contributed by atoms with Crippen molar-refractivity contribution in [3.8, 4) is 0 Å². The molecule has 2 rings (SSSR count). The van der Waals surface area contributed by atoms with E-state index in [4.69, 9.17) is 23.2 Å². The van der Waals surface area contributed by atoms with Crippen molar-refractivity contribution in [3.05, 3.63) is 72.7 Å². The van der Waals surface area contributed by atoms with Gasteiger partial charge in [-0.1, -0.05) is 23.2 Å². The summed E-state index contributed by atoms with van der Waals surface area (Å²) in [6, 6.07) is 4.06. The van der Waals surface area contributed by atoms with Gasteiger partial charge in [0.25, 0.3) is 5.69 Å². The molecule has 0 unspecified atom stereocenters. The molecule has 0 radical (unpaired) electrons. The SMILES string of the molecule is Cc1cc([C@H](O)CC[C@H](O)c2cc([N+](=O)[O-])c(Cl)cc2F)c(F)cc1Cl. The molecular formula is C17H15Cl2F2NO4. The summed E-state index contributed by atoms with van der Waals surface area (Å²) in [7, 11) is 0. The molecule has 0 saturated carbocycles. The molecule has 0 fully saturated rings. The van der Waals surface area contributed by atoms with Gasteiger partial charge in [0.05, 0.1) is 17.1 Å². The Morgan fingerprint density at radius 2 is 1.46 bits per heavy atom. The molecule has 0 aliphatic rings. The van der Waals surface area contributed by atoms with Gasteiger partial charge in [0.15, 0.2) is 0 Å². The summed E-state index contributed by atoms with van der Waals surface area (Å²) < 4.78 is 27.9. The Morgan fingerprint density at radius 3 is 1.96 bits per heavy atom. The van der Waals surface area contributed by atoms with Gasteiger partial charge in [-0.2, -0.15) is 0 Å². The van der Waals surface area contributed by atoms with E-state index in [-0.39, 0.29) is 34.0 Å². The lowest BCUT2D eigenvalue weighted by atomic mass is 9.97. The number of hydrogen-bond donors (Lipinski definition) is 2. The summed E-state index contributed by atoms with van der Waals surface area (Å²) in [4.78, 5) is 10.1. The van der Waals surface area contributed by atoms with Crippen LogP contribution < -0.4 is 0 Å². The van der Waals surface area contributed by atoms with Gasteiger partial charge in [0.1, 0.15) is 16.7 Å². The molecule has 0 bridgehead atoms. The molecule has 26 heavy (non-hydrogen) atoms. The van der Waals surface area contributed by atoms with Crippen LogP contribution in [0.4, 0.5) is 14.5 Å². The number of nitro benzene ring substituents is 1. The highest BCUT2D eigenvalue weighted by molar-refractivity contribution is 6.32. The van der Waals surface area contributed by atoms with E-state index in [0.717, 1.165) is 18.2 Å². The lowest BCUT2D eigenvalue weighted by Crippen LogP contribution is -2.07. The van der Waals surface area contributed by atoms with Gasteiger partial charge in [-0.05, 0) is 43.5 Å². The van der Waals surface area contributed by atoms with Crippen molar-refractivity contribution in [1.82, 2.24) is 0 Å². The Hall–Kier alpha value is -1.80. The third-order valence-electron chi connectivity index (χ3n) is 3.97. The van der Waals surface area contributed by atoms with E-state index in [0.29, 0.717) is 5.56 Å². The number of aryl methyl sites for hydroxylation is 1. The summed E-state index contributed by atoms with van der Waals surface area (Å²) in [5, 5.41) is 31.0. The second-order valence-electron chi connectivity index (χ2n) is 5.81. The average molecular weight is 406 g/mol. The Balaban J connectivity index is 2.16. The van der Waals surface area contributed by atoms with Crippen LogP contribution >= 0.6 is 23.2 Å². The normalized spacial score (nSPS) is 13.5. The van der Waals surface area contributed by atoms with Gasteiger partial charge in [-0.15, -0.1) is 0 Å². The van der Waals surface area contributed by atoms with Crippen LogP contribution in [0.3, 0.4) is 0 Å². The number of halogens is 4. The van der Waals surface area contributed by atoms with E-state index >= 15 is 0 Å². The van der Waals surface area contributed by atoms with Gasteiger partial charge in [0.2, 0.25) is 0 Å². The zero-order chi connectivity index (χ0) is 19.6. The van der Waals surface area contributed by atoms with Crippen molar-refractivity contribution in [2.24, 2.45) is 0 Å². The van der Waals surface area contributed by atoms with E-state index in [9.17, 15) is 29.1 Å². The second-order valence-corrected chi connectivity index (χ2v) is 6.63. The van der Waals surface area contributed by atoms with Crippen molar-refractivity contribution < 1.29 is 23.9 Å². The quantitative estimate of drug-likeness (QED) is 0.520. The molecule has 0 saturated heterocycles. The molecule has 0 spiro atoms. The smallest absolute Gasteiger partial charge is 0.288 e. The average Bonchev–Trinajstić information content (AvgIpc) is 2.55. The first-order valence-corrected chi connectivity index (χ1v) is 8.32. The van der Waals surface area contributed by atoms with Crippen molar-refractivity contribution in [1.29, 1.82) is 0 Å². The van der Waals surface area contributed by atoms with Crippen molar-refractivity contribution in [2.75, 3.05) is 0 Å². The Morgan fingerprint density at radius 1 is 1.00 bits per heavy atom. The molecule has 2 aromatic carbocycles. The summed E-state index contributed by atoms with van der Waals surface area (Å²) in [6.07, 6.45) is -2.95. The van der Waals surface area contributed by atoms with Crippen LogP contribution in [-0.4, -0.2) is 15.1 Å². The minimum atomic E-state index is -1.43. The van der Waals surface area contributed by atoms with Gasteiger partial charge >= 0.3 is 0 Å². The minimum absolute atomic E-state index is 0.00154. The summed E-state index contributed by atoms with van der Waals surface area (Å²) in [5.74, 6) is -1.60. The van der Waals surface area contributed by atoms with Crippen molar-refractivity contribution in [2.45, 2.75) is 32.0 Å². The molecule has 140 valence electrons. The molecule has 0 amide bonds. The standard InChI is InChI=1S/C17H15Cl2F2NO4/c1-8-4-9(13(20)6-11(8)18)16(23)2-3-17(24)10-5-15(22(25)26)12(19)7-14(10)21/h4-7,16-17,23-24H,2-3H2,1H3/t16-,17+/m1/s1. The molecule has 2 atom stereocenters. The zero-order valence-corrected chi connectivity index (χ0v) is 15.1. The van der Waals surface area contributed by atoms with E-state index in [1.54, 1.807) is 6.92 Å². The topological polar surface area (TPSA) is 83.6 Å². The first-order chi connectivity index (χ1) is 12.1. The molecule has 2 N–H and O–H groups in total. The van der Waals surface area contributed by atoms with Gasteiger partial charge in [0, 0.05) is 22.2 Å². The lowest BCUT2D eigenvalue weighted by Gasteiger charge is -2.17. The molecule has 0 heterocycles. The number of aliphatic hydroxyl groups excluding tert-OH is 2.